The highest BCUT2D eigenvalue weighted by atomic mass is 16.5. The van der Waals surface area contributed by atoms with Gasteiger partial charge in [-0.25, -0.2) is 4.68 Å². The van der Waals surface area contributed by atoms with Crippen LogP contribution in [0.5, 0.6) is 0 Å². The van der Waals surface area contributed by atoms with E-state index in [9.17, 15) is 0 Å². The van der Waals surface area contributed by atoms with Gasteiger partial charge in [-0.2, -0.15) is 5.10 Å². The van der Waals surface area contributed by atoms with Gasteiger partial charge in [0.2, 0.25) is 0 Å². The van der Waals surface area contributed by atoms with Crippen LogP contribution >= 0.6 is 0 Å². The molecule has 5 nitrogen and oxygen atoms in total. The Morgan fingerprint density at radius 3 is 2.76 bits per heavy atom. The van der Waals surface area contributed by atoms with Gasteiger partial charge in [-0.3, -0.25) is 4.90 Å². The molecule has 1 aromatic carbocycles. The van der Waals surface area contributed by atoms with Crippen molar-refractivity contribution in [3.63, 3.8) is 0 Å². The first-order valence-electron chi connectivity index (χ1n) is 9.57. The number of piperidine rings is 1. The first-order chi connectivity index (χ1) is 12.3. The number of benzene rings is 1. The largest absolute Gasteiger partial charge is 0.368 e. The molecule has 0 bridgehead atoms. The van der Waals surface area contributed by atoms with Gasteiger partial charge >= 0.3 is 0 Å². The number of rotatable bonds is 2. The van der Waals surface area contributed by atoms with Crippen LogP contribution in [0.2, 0.25) is 0 Å². The van der Waals surface area contributed by atoms with Crippen LogP contribution in [-0.4, -0.2) is 53.5 Å². The van der Waals surface area contributed by atoms with E-state index in [4.69, 9.17) is 9.84 Å². The summed E-state index contributed by atoms with van der Waals surface area (Å²) in [4.78, 5) is 2.65. The molecule has 0 saturated carbocycles. The number of ether oxygens (including phenoxy) is 1. The molecular formula is C20H26N4O. The van der Waals surface area contributed by atoms with E-state index in [0.29, 0.717) is 6.04 Å². The Kier molecular flexibility index (Phi) is 3.88. The lowest BCUT2D eigenvalue weighted by Crippen LogP contribution is -2.50. The summed E-state index contributed by atoms with van der Waals surface area (Å²) in [6, 6.07) is 11.1. The molecular weight excluding hydrogens is 312 g/mol. The standard InChI is InChI=1S/C20H26N4O/c1-2-4-17(5-3-1)24-15-16-7-13-25-20(19(16)22-24)8-11-23(12-9-20)18-6-10-21-14-18/h1-5,15,18,21H,6-14H2. The molecule has 0 radical (unpaired) electrons. The normalized spacial score (nSPS) is 26.0. The van der Waals surface area contributed by atoms with Crippen LogP contribution in [-0.2, 0) is 16.8 Å². The summed E-state index contributed by atoms with van der Waals surface area (Å²) < 4.78 is 8.41. The molecule has 132 valence electrons. The van der Waals surface area contributed by atoms with E-state index in [1.54, 1.807) is 0 Å². The predicted octanol–water partition coefficient (Wildman–Crippen LogP) is 2.10. The third kappa shape index (κ3) is 2.71. The van der Waals surface area contributed by atoms with Crippen molar-refractivity contribution in [3.8, 4) is 5.69 Å². The molecule has 25 heavy (non-hydrogen) atoms. The Bertz CT molecular complexity index is 727. The minimum atomic E-state index is -0.170. The monoisotopic (exact) mass is 338 g/mol. The fourth-order valence-corrected chi connectivity index (χ4v) is 4.70. The maximum atomic E-state index is 6.37. The van der Waals surface area contributed by atoms with Crippen LogP contribution in [0, 0.1) is 0 Å². The molecule has 5 rings (SSSR count). The number of likely N-dealkylation sites (tertiary alicyclic amines) is 1. The van der Waals surface area contributed by atoms with E-state index in [2.05, 4.69) is 40.7 Å². The summed E-state index contributed by atoms with van der Waals surface area (Å²) in [5.74, 6) is 0. The van der Waals surface area contributed by atoms with Crippen molar-refractivity contribution in [1.82, 2.24) is 20.0 Å². The van der Waals surface area contributed by atoms with Crippen LogP contribution in [0.25, 0.3) is 5.69 Å². The van der Waals surface area contributed by atoms with Gasteiger partial charge in [0.25, 0.3) is 0 Å². The summed E-state index contributed by atoms with van der Waals surface area (Å²) in [5.41, 5.74) is 3.51. The fraction of sp³-hybridized carbons (Fsp3) is 0.550. The molecule has 1 aromatic heterocycles. The van der Waals surface area contributed by atoms with Crippen molar-refractivity contribution in [2.45, 2.75) is 37.3 Å². The zero-order valence-corrected chi connectivity index (χ0v) is 14.7. The maximum absolute atomic E-state index is 6.37. The zero-order chi connectivity index (χ0) is 16.7. The van der Waals surface area contributed by atoms with Crippen LogP contribution < -0.4 is 5.32 Å². The highest BCUT2D eigenvalue weighted by Gasteiger charge is 2.44. The van der Waals surface area contributed by atoms with E-state index in [1.807, 2.05) is 10.7 Å². The van der Waals surface area contributed by atoms with Crippen molar-refractivity contribution in [2.75, 3.05) is 32.8 Å². The van der Waals surface area contributed by atoms with Crippen molar-refractivity contribution >= 4 is 0 Å². The molecule has 3 aliphatic heterocycles. The van der Waals surface area contributed by atoms with Gasteiger partial charge in [-0.15, -0.1) is 0 Å². The first-order valence-corrected chi connectivity index (χ1v) is 9.57. The SMILES string of the molecule is c1ccc(-n2cc3c(n2)C2(CCN(C4CCNC4)CC2)OCC3)cc1. The number of hydrogen-bond acceptors (Lipinski definition) is 4. The third-order valence-electron chi connectivity index (χ3n) is 6.15. The van der Waals surface area contributed by atoms with Gasteiger partial charge in [0, 0.05) is 31.9 Å². The van der Waals surface area contributed by atoms with Crippen LogP contribution in [0.15, 0.2) is 36.5 Å². The molecule has 1 atom stereocenters. The van der Waals surface area contributed by atoms with Crippen molar-refractivity contribution < 1.29 is 4.74 Å². The van der Waals surface area contributed by atoms with E-state index in [1.165, 1.54) is 17.7 Å². The molecule has 0 amide bonds. The Hall–Kier alpha value is -1.69. The van der Waals surface area contributed by atoms with Gasteiger partial charge in [-0.05, 0) is 49.9 Å². The molecule has 2 saturated heterocycles. The topological polar surface area (TPSA) is 42.3 Å². The van der Waals surface area contributed by atoms with Crippen molar-refractivity contribution in [1.29, 1.82) is 0 Å². The summed E-state index contributed by atoms with van der Waals surface area (Å²) in [6.07, 6.45) is 6.58. The highest BCUT2D eigenvalue weighted by molar-refractivity contribution is 5.35. The van der Waals surface area contributed by atoms with Gasteiger partial charge in [0.1, 0.15) is 5.60 Å². The first kappa shape index (κ1) is 15.6. The predicted molar refractivity (Wildman–Crippen MR) is 97.0 cm³/mol. The molecule has 2 fully saturated rings. The molecule has 1 spiro atoms. The number of nitrogens with one attached hydrogen (secondary N) is 1. The van der Waals surface area contributed by atoms with Gasteiger partial charge in [-0.1, -0.05) is 18.2 Å². The van der Waals surface area contributed by atoms with Crippen molar-refractivity contribution in [2.24, 2.45) is 0 Å². The molecule has 1 unspecified atom stereocenters. The van der Waals surface area contributed by atoms with Gasteiger partial charge in [0.15, 0.2) is 0 Å². The Balaban J connectivity index is 1.41. The second kappa shape index (κ2) is 6.24. The smallest absolute Gasteiger partial charge is 0.115 e. The average molecular weight is 338 g/mol. The number of aromatic nitrogens is 2. The highest BCUT2D eigenvalue weighted by Crippen LogP contribution is 2.41. The van der Waals surface area contributed by atoms with Crippen LogP contribution in [0.1, 0.15) is 30.5 Å². The Morgan fingerprint density at radius 1 is 1.16 bits per heavy atom. The summed E-state index contributed by atoms with van der Waals surface area (Å²) in [6.45, 7) is 5.35. The van der Waals surface area contributed by atoms with Crippen LogP contribution in [0.4, 0.5) is 0 Å². The molecule has 1 N–H and O–H groups in total. The molecule has 5 heteroatoms. The van der Waals surface area contributed by atoms with E-state index < -0.39 is 0 Å². The summed E-state index contributed by atoms with van der Waals surface area (Å²) in [5, 5.41) is 8.47. The Morgan fingerprint density at radius 2 is 2.00 bits per heavy atom. The third-order valence-corrected chi connectivity index (χ3v) is 6.15. The lowest BCUT2D eigenvalue weighted by atomic mass is 9.83. The fourth-order valence-electron chi connectivity index (χ4n) is 4.70. The second-order valence-electron chi connectivity index (χ2n) is 7.56. The summed E-state index contributed by atoms with van der Waals surface area (Å²) in [7, 11) is 0. The van der Waals surface area contributed by atoms with Gasteiger partial charge in [0.05, 0.1) is 18.0 Å². The van der Waals surface area contributed by atoms with E-state index in [-0.39, 0.29) is 5.60 Å². The second-order valence-corrected chi connectivity index (χ2v) is 7.56. The van der Waals surface area contributed by atoms with Crippen molar-refractivity contribution in [3.05, 3.63) is 47.8 Å². The summed E-state index contributed by atoms with van der Waals surface area (Å²) >= 11 is 0. The number of nitrogens with zero attached hydrogens (tertiary/aromatic N) is 3. The van der Waals surface area contributed by atoms with E-state index in [0.717, 1.165) is 57.7 Å². The van der Waals surface area contributed by atoms with Crippen LogP contribution in [0.3, 0.4) is 0 Å². The molecule has 3 aliphatic rings. The Labute approximate surface area is 149 Å². The molecule has 0 aliphatic carbocycles. The quantitative estimate of drug-likeness (QED) is 0.911. The zero-order valence-electron chi connectivity index (χ0n) is 14.7. The molecule has 2 aromatic rings. The average Bonchev–Trinajstić information content (AvgIpc) is 3.34. The number of para-hydroxylation sites is 1. The maximum Gasteiger partial charge on any atom is 0.115 e. The number of fused-ring (bicyclic) bond motifs is 2. The minimum Gasteiger partial charge on any atom is -0.368 e. The lowest BCUT2D eigenvalue weighted by Gasteiger charge is -2.44. The van der Waals surface area contributed by atoms with Gasteiger partial charge < -0.3 is 10.1 Å². The van der Waals surface area contributed by atoms with E-state index >= 15 is 0 Å². The molecule has 4 heterocycles. The minimum absolute atomic E-state index is 0.170. The number of hydrogen-bond donors (Lipinski definition) is 1. The lowest BCUT2D eigenvalue weighted by molar-refractivity contribution is -0.104.